The molecule has 5 spiro atoms. The van der Waals surface area contributed by atoms with E-state index in [9.17, 15) is 21.6 Å². The van der Waals surface area contributed by atoms with Crippen LogP contribution in [0.1, 0.15) is 163 Å². The molecular weight excluding hydrogens is 1110 g/mol. The van der Waals surface area contributed by atoms with Gasteiger partial charge in [-0.1, -0.05) is 113 Å². The lowest BCUT2D eigenvalue weighted by atomic mass is 9.58. The van der Waals surface area contributed by atoms with Crippen molar-refractivity contribution < 1.29 is 44.7 Å². The molecule has 8 atom stereocenters. The summed E-state index contributed by atoms with van der Waals surface area (Å²) in [6.07, 6.45) is 38.0. The number of hydrogen-bond acceptors (Lipinski definition) is 10. The Morgan fingerprint density at radius 3 is 1.80 bits per heavy atom. The van der Waals surface area contributed by atoms with E-state index in [0.717, 1.165) is 103 Å². The van der Waals surface area contributed by atoms with Crippen LogP contribution in [0, 0.1) is 22.7 Å². The van der Waals surface area contributed by atoms with Crippen molar-refractivity contribution >= 4 is 37.2 Å². The Morgan fingerprint density at radius 1 is 0.674 bits per heavy atom. The predicted octanol–water partition coefficient (Wildman–Crippen LogP) is 16.7. The average molecular weight is 1200 g/mol. The maximum Gasteiger partial charge on any atom is 0.523 e. The summed E-state index contributed by atoms with van der Waals surface area (Å²) in [5.41, 5.74) is 8.35. The van der Waals surface area contributed by atoms with E-state index in [0.29, 0.717) is 24.5 Å². The molecule has 15 rings (SSSR count). The van der Waals surface area contributed by atoms with Gasteiger partial charge in [-0.25, -0.2) is 0 Å². The minimum Gasteiger partial charge on any atom is -0.359 e. The molecule has 2 saturated carbocycles. The first kappa shape index (κ1) is 62.5. The van der Waals surface area contributed by atoms with Gasteiger partial charge in [0.15, 0.2) is 5.79 Å². The third-order valence-electron chi connectivity index (χ3n) is 22.0. The van der Waals surface area contributed by atoms with Crippen molar-refractivity contribution in [1.82, 2.24) is 14.9 Å². The molecule has 10 nitrogen and oxygen atoms in total. The number of rotatable bonds is 2. The molecule has 2 aromatic heterocycles. The first-order valence-electron chi connectivity index (χ1n) is 31.1. The van der Waals surface area contributed by atoms with Gasteiger partial charge in [-0.05, 0) is 197 Å². The molecular formula is C72H90F3N3O7S. The van der Waals surface area contributed by atoms with E-state index in [2.05, 4.69) is 181 Å². The summed E-state index contributed by atoms with van der Waals surface area (Å²) in [4.78, 5) is 10.7. The summed E-state index contributed by atoms with van der Waals surface area (Å²) in [5.74, 6) is 0.707. The van der Waals surface area contributed by atoms with Crippen LogP contribution in [-0.2, 0) is 38.7 Å². The number of benzene rings is 2. The van der Waals surface area contributed by atoms with Crippen LogP contribution in [0.4, 0.5) is 13.2 Å². The molecule has 5 fully saturated rings. The van der Waals surface area contributed by atoms with Gasteiger partial charge in [0.25, 0.3) is 0 Å². The lowest BCUT2D eigenvalue weighted by Crippen LogP contribution is -2.56. The quantitative estimate of drug-likeness (QED) is 0.109. The molecule has 4 bridgehead atoms. The lowest BCUT2D eigenvalue weighted by Gasteiger charge is -2.54. The van der Waals surface area contributed by atoms with Gasteiger partial charge >= 0.3 is 15.6 Å². The molecule has 14 heteroatoms. The average Bonchev–Trinajstić information content (AvgIpc) is 1.50. The van der Waals surface area contributed by atoms with Crippen LogP contribution in [0.15, 0.2) is 150 Å². The van der Waals surface area contributed by atoms with E-state index >= 15 is 0 Å². The van der Waals surface area contributed by atoms with Crippen molar-refractivity contribution in [3.8, 4) is 0 Å². The van der Waals surface area contributed by atoms with Crippen molar-refractivity contribution in [2.75, 3.05) is 34.4 Å². The van der Waals surface area contributed by atoms with Gasteiger partial charge in [-0.3, -0.25) is 14.2 Å². The molecule has 2 unspecified atom stereocenters. The van der Waals surface area contributed by atoms with E-state index in [-0.39, 0.29) is 44.4 Å². The molecule has 6 aliphatic carbocycles. The fourth-order valence-electron chi connectivity index (χ4n) is 16.2. The minimum atomic E-state index is -5.34. The molecule has 462 valence electrons. The zero-order valence-corrected chi connectivity index (χ0v) is 53.6. The van der Waals surface area contributed by atoms with Crippen LogP contribution < -0.4 is 0 Å². The van der Waals surface area contributed by atoms with Crippen LogP contribution in [0.3, 0.4) is 0 Å². The first-order chi connectivity index (χ1) is 40.4. The number of pyridine rings is 2. The molecule has 0 N–H and O–H groups in total. The number of allylic oxidation sites excluding steroid dienone is 6. The Hall–Kier alpha value is -5.06. The van der Waals surface area contributed by atoms with Crippen LogP contribution in [0.2, 0.25) is 0 Å². The molecule has 5 aliphatic heterocycles. The number of ether oxygens (including phenoxy) is 4. The van der Waals surface area contributed by atoms with Crippen molar-refractivity contribution in [2.24, 2.45) is 22.7 Å². The smallest absolute Gasteiger partial charge is 0.359 e. The van der Waals surface area contributed by atoms with E-state index in [1.807, 2.05) is 30.9 Å². The molecule has 7 heterocycles. The van der Waals surface area contributed by atoms with Crippen LogP contribution >= 0.6 is 0 Å². The molecule has 0 radical (unpaired) electrons. The normalized spacial score (nSPS) is 32.5. The number of hydrogen-bond donors (Lipinski definition) is 0. The SMILES string of the molecule is C=C1CCC2=CC3=CC[C@]4(C)C(c5ccc6ccncc6c5)=CC[C@H]4[C@@]34CCC2(C1)O4.CC(C)(C)c1ccc2ccncc2c1.CC1=CC[C@@H]2[C@]1(C)CC=C1C=C3CCC4(CC35CC[C@@]12O5)OCCO4.CN(C)C(C)(C)C.COS(=O)(=O)C(F)(F)F. The largest absolute Gasteiger partial charge is 0.523 e. The van der Waals surface area contributed by atoms with Crippen molar-refractivity contribution in [3.63, 3.8) is 0 Å². The molecule has 4 aromatic rings. The standard InChI is InChI=1S/C29H29NO.C22H28O3.C13H15N.C6H15N.C2H3F3O3S/c1-19-3-6-23-16-24-9-11-27(2)25(21-5-4-20-10-14-30-18-22(20)15-21)7-8-26(27)29(24)13-12-28(23,17-19)31-29;1-15-3-4-18-19(15,2)7-5-17-13-16-6-8-21(23-11-12-24-21)14-20(16)9-10-22(17,18)25-20;1-13(2,3)12-5-4-10-6-7-14-9-11(10)8-12;1-6(2,3)7(4)5;1-8-9(6,7)2(3,4)5/h4-5,7,9-10,14-16,18,26H,1,3,6,8,11-13,17H2,2H3;3,5,13,18H,4,6-12,14H2,1-2H3;4-9H,1-3H3;1-5H3;1H3/t26-,27-,28?,29-;18-,19-,20?,22-;;;/m11.../s1. The summed E-state index contributed by atoms with van der Waals surface area (Å²) < 4.78 is 82.4. The molecule has 3 saturated heterocycles. The number of halogens is 3. The van der Waals surface area contributed by atoms with Gasteiger partial charge in [0.2, 0.25) is 0 Å². The maximum absolute atomic E-state index is 11.1. The summed E-state index contributed by atoms with van der Waals surface area (Å²) >= 11 is 0. The highest BCUT2D eigenvalue weighted by molar-refractivity contribution is 7.87. The fraction of sp³-hybridized carbons (Fsp3) is 0.556. The summed E-state index contributed by atoms with van der Waals surface area (Å²) in [5, 5.41) is 4.96. The Morgan fingerprint density at radius 2 is 1.22 bits per heavy atom. The number of fused-ring (bicyclic) bond motifs is 4. The Balaban J connectivity index is 0.000000124. The second kappa shape index (κ2) is 22.2. The van der Waals surface area contributed by atoms with Crippen molar-refractivity contribution in [3.05, 3.63) is 161 Å². The van der Waals surface area contributed by atoms with E-state index in [4.69, 9.17) is 18.9 Å². The van der Waals surface area contributed by atoms with Gasteiger partial charge in [0, 0.05) is 77.6 Å². The summed E-state index contributed by atoms with van der Waals surface area (Å²) in [7, 11) is -0.722. The third-order valence-corrected chi connectivity index (χ3v) is 23.0. The van der Waals surface area contributed by atoms with Crippen LogP contribution in [-0.4, -0.2) is 96.9 Å². The van der Waals surface area contributed by atoms with Gasteiger partial charge < -0.3 is 23.8 Å². The summed E-state index contributed by atoms with van der Waals surface area (Å²) in [6.45, 7) is 26.3. The van der Waals surface area contributed by atoms with Crippen molar-refractivity contribution in [2.45, 2.75) is 197 Å². The lowest BCUT2D eigenvalue weighted by molar-refractivity contribution is -0.226. The van der Waals surface area contributed by atoms with Gasteiger partial charge in [-0.2, -0.15) is 21.6 Å². The third kappa shape index (κ3) is 10.9. The monoisotopic (exact) mass is 1200 g/mol. The topological polar surface area (TPSA) is 109 Å². The minimum absolute atomic E-state index is 0.0672. The first-order valence-corrected chi connectivity index (χ1v) is 32.6. The van der Waals surface area contributed by atoms with E-state index < -0.39 is 15.6 Å². The van der Waals surface area contributed by atoms with Gasteiger partial charge in [-0.15, -0.1) is 0 Å². The molecule has 2 aromatic carbocycles. The summed E-state index contributed by atoms with van der Waals surface area (Å²) in [6, 6.07) is 17.6. The van der Waals surface area contributed by atoms with E-state index in [1.54, 1.807) is 5.57 Å². The van der Waals surface area contributed by atoms with Crippen LogP contribution in [0.5, 0.6) is 0 Å². The number of aromatic nitrogens is 2. The molecule has 0 amide bonds. The maximum atomic E-state index is 11.1. The highest BCUT2D eigenvalue weighted by Crippen LogP contribution is 2.69. The van der Waals surface area contributed by atoms with Gasteiger partial charge in [0.05, 0.1) is 42.7 Å². The van der Waals surface area contributed by atoms with Crippen LogP contribution in [0.25, 0.3) is 27.1 Å². The fourth-order valence-corrected chi connectivity index (χ4v) is 16.4. The van der Waals surface area contributed by atoms with Crippen molar-refractivity contribution in [1.29, 1.82) is 0 Å². The highest BCUT2D eigenvalue weighted by atomic mass is 32.2. The zero-order chi connectivity index (χ0) is 61.7. The van der Waals surface area contributed by atoms with Gasteiger partial charge in [0.1, 0.15) is 0 Å². The number of nitrogens with zero attached hydrogens (tertiary/aromatic N) is 3. The van der Waals surface area contributed by atoms with E-state index in [1.165, 1.54) is 66.1 Å². The number of alkyl halides is 3. The Bertz CT molecular complexity index is 3630. The second-order valence-electron chi connectivity index (χ2n) is 28.9. The highest BCUT2D eigenvalue weighted by Gasteiger charge is 2.68. The molecule has 86 heavy (non-hydrogen) atoms. The predicted molar refractivity (Wildman–Crippen MR) is 336 cm³/mol. The Labute approximate surface area is 509 Å². The zero-order valence-electron chi connectivity index (χ0n) is 52.8. The Kier molecular flexibility index (Phi) is 16.1. The second-order valence-corrected chi connectivity index (χ2v) is 30.6. The molecule has 11 aliphatic rings.